The van der Waals surface area contributed by atoms with Crippen LogP contribution < -0.4 is 0 Å². The van der Waals surface area contributed by atoms with Crippen molar-refractivity contribution in [2.45, 2.75) is 32.6 Å². The smallest absolute Gasteiger partial charge is 0.129 e. The molecule has 0 aliphatic heterocycles. The molecule has 1 heterocycles. The van der Waals surface area contributed by atoms with Crippen molar-refractivity contribution in [3.63, 3.8) is 0 Å². The van der Waals surface area contributed by atoms with Crippen LogP contribution in [0.2, 0.25) is 0 Å². The highest BCUT2D eigenvalue weighted by Gasteiger charge is 2.03. The summed E-state index contributed by atoms with van der Waals surface area (Å²) in [6, 6.07) is 3.93. The zero-order chi connectivity index (χ0) is 11.8. The molecule has 0 spiro atoms. The molecule has 1 aromatic heterocycles. The van der Waals surface area contributed by atoms with Gasteiger partial charge in [0, 0.05) is 19.6 Å². The summed E-state index contributed by atoms with van der Waals surface area (Å²) in [7, 11) is 0. The molecule has 3 heteroatoms. The van der Waals surface area contributed by atoms with Gasteiger partial charge in [0.1, 0.15) is 11.5 Å². The number of aliphatic hydroxyl groups is 2. The molecule has 0 aromatic carbocycles. The molecule has 1 aromatic rings. The summed E-state index contributed by atoms with van der Waals surface area (Å²) < 4.78 is 5.66. The van der Waals surface area contributed by atoms with Crippen LogP contribution in [0.3, 0.4) is 0 Å². The van der Waals surface area contributed by atoms with Crippen LogP contribution in [-0.4, -0.2) is 23.4 Å². The fourth-order valence-corrected chi connectivity index (χ4v) is 1.52. The van der Waals surface area contributed by atoms with E-state index in [1.165, 1.54) is 0 Å². The van der Waals surface area contributed by atoms with Crippen LogP contribution >= 0.6 is 0 Å². The lowest BCUT2D eigenvalue weighted by atomic mass is 10.2. The normalized spacial score (nSPS) is 12.1. The van der Waals surface area contributed by atoms with Crippen molar-refractivity contribution < 1.29 is 14.6 Å². The summed E-state index contributed by atoms with van der Waals surface area (Å²) >= 11 is 0. The van der Waals surface area contributed by atoms with Crippen molar-refractivity contribution in [3.8, 4) is 0 Å². The van der Waals surface area contributed by atoms with Crippen molar-refractivity contribution >= 4 is 5.57 Å². The Morgan fingerprint density at radius 1 is 1.25 bits per heavy atom. The van der Waals surface area contributed by atoms with Crippen LogP contribution in [0.15, 0.2) is 22.6 Å². The molecular weight excluding hydrogens is 204 g/mol. The summed E-state index contributed by atoms with van der Waals surface area (Å²) in [4.78, 5) is 0. The van der Waals surface area contributed by atoms with Gasteiger partial charge in [-0.1, -0.05) is 6.08 Å². The minimum Gasteiger partial charge on any atom is -0.461 e. The van der Waals surface area contributed by atoms with E-state index in [1.54, 1.807) is 0 Å². The second-order valence-corrected chi connectivity index (χ2v) is 3.85. The minimum absolute atomic E-state index is 0.168. The first kappa shape index (κ1) is 13.0. The summed E-state index contributed by atoms with van der Waals surface area (Å²) in [5.74, 6) is 1.83. The predicted octanol–water partition coefficient (Wildman–Crippen LogP) is 2.38. The standard InChI is InChI=1S/C13H20O3/c1-11(5-4-10-15)13-8-7-12(16-13)6-2-3-9-14/h5,7-8,14-15H,2-4,6,9-10H2,1H3/b11-5-. The van der Waals surface area contributed by atoms with Gasteiger partial charge in [-0.25, -0.2) is 0 Å². The van der Waals surface area contributed by atoms with E-state index < -0.39 is 0 Å². The van der Waals surface area contributed by atoms with Gasteiger partial charge in [-0.3, -0.25) is 0 Å². The van der Waals surface area contributed by atoms with Crippen LogP contribution in [-0.2, 0) is 6.42 Å². The van der Waals surface area contributed by atoms with Crippen LogP contribution in [0.5, 0.6) is 0 Å². The molecule has 0 bridgehead atoms. The van der Waals surface area contributed by atoms with Crippen LogP contribution in [0.1, 0.15) is 37.7 Å². The van der Waals surface area contributed by atoms with E-state index in [0.717, 1.165) is 36.4 Å². The van der Waals surface area contributed by atoms with Crippen molar-refractivity contribution in [2.24, 2.45) is 0 Å². The lowest BCUT2D eigenvalue weighted by molar-refractivity contribution is 0.283. The number of rotatable bonds is 7. The summed E-state index contributed by atoms with van der Waals surface area (Å²) in [6.07, 6.45) is 5.26. The topological polar surface area (TPSA) is 53.6 Å². The zero-order valence-corrected chi connectivity index (χ0v) is 9.78. The SMILES string of the molecule is C/C(=C/CCO)c1ccc(CCCCO)o1. The minimum atomic E-state index is 0.168. The number of hydrogen-bond donors (Lipinski definition) is 2. The third kappa shape index (κ3) is 4.21. The van der Waals surface area contributed by atoms with Gasteiger partial charge in [0.2, 0.25) is 0 Å². The van der Waals surface area contributed by atoms with Crippen LogP contribution in [0.4, 0.5) is 0 Å². The Labute approximate surface area is 96.4 Å². The summed E-state index contributed by atoms with van der Waals surface area (Å²) in [5, 5.41) is 17.4. The van der Waals surface area contributed by atoms with E-state index in [-0.39, 0.29) is 13.2 Å². The van der Waals surface area contributed by atoms with Gasteiger partial charge in [0.25, 0.3) is 0 Å². The molecule has 0 aliphatic carbocycles. The van der Waals surface area contributed by atoms with Crippen LogP contribution in [0, 0.1) is 0 Å². The van der Waals surface area contributed by atoms with Gasteiger partial charge in [0.05, 0.1) is 0 Å². The number of hydrogen-bond acceptors (Lipinski definition) is 3. The van der Waals surface area contributed by atoms with Gasteiger partial charge in [-0.05, 0) is 43.9 Å². The molecule has 90 valence electrons. The highest BCUT2D eigenvalue weighted by Crippen LogP contribution is 2.19. The first-order valence-electron chi connectivity index (χ1n) is 5.75. The Hall–Kier alpha value is -1.06. The maximum absolute atomic E-state index is 8.71. The molecule has 0 fully saturated rings. The Kier molecular flexibility index (Phi) is 5.90. The van der Waals surface area contributed by atoms with Gasteiger partial charge >= 0.3 is 0 Å². The van der Waals surface area contributed by atoms with Crippen molar-refractivity contribution in [3.05, 3.63) is 29.7 Å². The van der Waals surface area contributed by atoms with Gasteiger partial charge < -0.3 is 14.6 Å². The lowest BCUT2D eigenvalue weighted by Crippen LogP contribution is -1.86. The molecule has 0 saturated heterocycles. The van der Waals surface area contributed by atoms with Crippen LogP contribution in [0.25, 0.3) is 5.57 Å². The third-order valence-electron chi connectivity index (χ3n) is 2.46. The second kappa shape index (κ2) is 7.25. The largest absolute Gasteiger partial charge is 0.461 e. The maximum atomic E-state index is 8.71. The average molecular weight is 224 g/mol. The van der Waals surface area contributed by atoms with E-state index in [0.29, 0.717) is 6.42 Å². The zero-order valence-electron chi connectivity index (χ0n) is 9.78. The Morgan fingerprint density at radius 2 is 2.06 bits per heavy atom. The molecule has 3 nitrogen and oxygen atoms in total. The maximum Gasteiger partial charge on any atom is 0.129 e. The Balaban J connectivity index is 2.50. The first-order chi connectivity index (χ1) is 7.77. The highest BCUT2D eigenvalue weighted by molar-refractivity contribution is 5.59. The predicted molar refractivity (Wildman–Crippen MR) is 64.1 cm³/mol. The third-order valence-corrected chi connectivity index (χ3v) is 2.46. The van der Waals surface area contributed by atoms with E-state index in [2.05, 4.69) is 0 Å². The first-order valence-corrected chi connectivity index (χ1v) is 5.75. The molecule has 16 heavy (non-hydrogen) atoms. The molecule has 2 N–H and O–H groups in total. The Bertz CT molecular complexity index is 326. The molecule has 0 aliphatic rings. The van der Waals surface area contributed by atoms with Gasteiger partial charge in [0.15, 0.2) is 0 Å². The monoisotopic (exact) mass is 224 g/mol. The van der Waals surface area contributed by atoms with E-state index in [9.17, 15) is 0 Å². The molecule has 0 amide bonds. The molecule has 1 rings (SSSR count). The number of allylic oxidation sites excluding steroid dienone is 1. The summed E-state index contributed by atoms with van der Waals surface area (Å²) in [5.41, 5.74) is 1.06. The van der Waals surface area contributed by atoms with Crippen molar-refractivity contribution in [2.75, 3.05) is 13.2 Å². The summed E-state index contributed by atoms with van der Waals surface area (Å²) in [6.45, 7) is 2.39. The van der Waals surface area contributed by atoms with Gasteiger partial charge in [-0.15, -0.1) is 0 Å². The number of aliphatic hydroxyl groups excluding tert-OH is 2. The molecular formula is C13H20O3. The lowest BCUT2D eigenvalue weighted by Gasteiger charge is -1.97. The average Bonchev–Trinajstić information content (AvgIpc) is 2.75. The quantitative estimate of drug-likeness (QED) is 0.699. The fourth-order valence-electron chi connectivity index (χ4n) is 1.52. The van der Waals surface area contributed by atoms with E-state index in [1.807, 2.05) is 25.1 Å². The highest BCUT2D eigenvalue weighted by atomic mass is 16.3. The van der Waals surface area contributed by atoms with Crippen molar-refractivity contribution in [1.82, 2.24) is 0 Å². The van der Waals surface area contributed by atoms with E-state index >= 15 is 0 Å². The fraction of sp³-hybridized carbons (Fsp3) is 0.538. The molecule has 0 unspecified atom stereocenters. The molecule has 0 radical (unpaired) electrons. The second-order valence-electron chi connectivity index (χ2n) is 3.85. The molecule has 0 atom stereocenters. The van der Waals surface area contributed by atoms with E-state index in [4.69, 9.17) is 14.6 Å². The van der Waals surface area contributed by atoms with Crippen molar-refractivity contribution in [1.29, 1.82) is 0 Å². The number of aryl methyl sites for hydroxylation is 1. The number of furan rings is 1. The van der Waals surface area contributed by atoms with Gasteiger partial charge in [-0.2, -0.15) is 0 Å². The number of unbranched alkanes of at least 4 members (excludes halogenated alkanes) is 1. The Morgan fingerprint density at radius 3 is 2.75 bits per heavy atom. The molecule has 0 saturated carbocycles.